The number of hydrogen-bond donors (Lipinski definition) is 1. The summed E-state index contributed by atoms with van der Waals surface area (Å²) < 4.78 is 25.2. The number of carbonyl (C=O) groups excluding carboxylic acids is 1. The zero-order valence-corrected chi connectivity index (χ0v) is 11.1. The van der Waals surface area contributed by atoms with Crippen LogP contribution in [-0.4, -0.2) is 31.9 Å². The number of nitrogens with one attached hydrogen (secondary N) is 1. The van der Waals surface area contributed by atoms with E-state index in [1.165, 1.54) is 18.2 Å². The van der Waals surface area contributed by atoms with Crippen LogP contribution in [-0.2, 0) is 27.1 Å². The van der Waals surface area contributed by atoms with Crippen molar-refractivity contribution in [2.45, 2.75) is 11.8 Å². The van der Waals surface area contributed by atoms with Gasteiger partial charge in [-0.25, -0.2) is 13.1 Å². The monoisotopic (exact) mass is 327 g/mol. The van der Waals surface area contributed by atoms with Crippen molar-refractivity contribution in [2.75, 3.05) is 6.54 Å². The molecular formula is C9H14CuNO6S+. The predicted octanol–water partition coefficient (Wildman–Crippen LogP) is -2.30. The average Bonchev–Trinajstić information content (AvgIpc) is 2.18. The Labute approximate surface area is 115 Å². The molecule has 1 aromatic rings. The molecule has 18 heavy (non-hydrogen) atoms. The number of sulfonamides is 1. The normalized spacial score (nSPS) is 9.39. The van der Waals surface area contributed by atoms with Gasteiger partial charge in [0.15, 0.2) is 0 Å². The van der Waals surface area contributed by atoms with Crippen LogP contribution in [0.3, 0.4) is 0 Å². The Morgan fingerprint density at radius 1 is 1.33 bits per heavy atom. The summed E-state index contributed by atoms with van der Waals surface area (Å²) in [7, 11) is -3.61. The standard InChI is InChI=1S/C9H11NO4S.Cu.2H2O/c1-2-10-15(13,14)8-5-3-4-7(6-8)9(11)12;;;/h3-6,10H,2H2,1H3,(H,11,12);;2*1H2/q;+2;;/p-1. The third kappa shape index (κ3) is 5.58. The molecule has 1 aromatic carbocycles. The van der Waals surface area contributed by atoms with Crippen molar-refractivity contribution in [3.63, 3.8) is 0 Å². The van der Waals surface area contributed by atoms with Crippen LogP contribution in [0, 0.1) is 0 Å². The molecule has 0 amide bonds. The second-order valence-corrected chi connectivity index (χ2v) is 4.58. The Morgan fingerprint density at radius 3 is 2.33 bits per heavy atom. The molecule has 1 radical (unpaired) electrons. The Balaban J connectivity index is -0.000000750. The SMILES string of the molecule is CCNS(=O)(=O)c1cccc(C(=O)[O-])c1.O.O.[Cu+2]. The molecule has 0 saturated carbocycles. The molecule has 0 heterocycles. The Kier molecular flexibility index (Phi) is 11.2. The van der Waals surface area contributed by atoms with E-state index in [2.05, 4.69) is 4.72 Å². The van der Waals surface area contributed by atoms with E-state index in [0.717, 1.165) is 6.07 Å². The maximum absolute atomic E-state index is 11.5. The summed E-state index contributed by atoms with van der Waals surface area (Å²) in [6.07, 6.45) is 0. The van der Waals surface area contributed by atoms with Crippen LogP contribution in [0.5, 0.6) is 0 Å². The summed E-state index contributed by atoms with van der Waals surface area (Å²) in [4.78, 5) is 10.4. The van der Waals surface area contributed by atoms with Crippen molar-refractivity contribution < 1.29 is 46.3 Å². The van der Waals surface area contributed by atoms with E-state index in [4.69, 9.17) is 0 Å². The van der Waals surface area contributed by atoms with Crippen LogP contribution in [0.25, 0.3) is 0 Å². The predicted molar refractivity (Wildman–Crippen MR) is 58.9 cm³/mol. The van der Waals surface area contributed by atoms with E-state index in [-0.39, 0.29) is 45.0 Å². The zero-order valence-electron chi connectivity index (χ0n) is 9.36. The molecule has 7 nitrogen and oxygen atoms in total. The molecule has 0 unspecified atom stereocenters. The molecule has 5 N–H and O–H groups in total. The second kappa shape index (κ2) is 9.03. The third-order valence-corrected chi connectivity index (χ3v) is 3.26. The quantitative estimate of drug-likeness (QED) is 0.618. The molecule has 1 rings (SSSR count). The first kappa shape index (κ1) is 22.2. The number of benzene rings is 1. The van der Waals surface area contributed by atoms with Gasteiger partial charge in [-0.15, -0.1) is 0 Å². The summed E-state index contributed by atoms with van der Waals surface area (Å²) in [6, 6.07) is 5.02. The second-order valence-electron chi connectivity index (χ2n) is 2.82. The van der Waals surface area contributed by atoms with Gasteiger partial charge in [0.1, 0.15) is 0 Å². The van der Waals surface area contributed by atoms with E-state index >= 15 is 0 Å². The van der Waals surface area contributed by atoms with Gasteiger partial charge in [0.2, 0.25) is 10.0 Å². The van der Waals surface area contributed by atoms with Gasteiger partial charge in [-0.3, -0.25) is 0 Å². The zero-order chi connectivity index (χ0) is 11.5. The summed E-state index contributed by atoms with van der Waals surface area (Å²) in [5.74, 6) is -1.40. The first-order valence-electron chi connectivity index (χ1n) is 4.28. The Bertz CT molecular complexity index is 476. The van der Waals surface area contributed by atoms with E-state index < -0.39 is 16.0 Å². The van der Waals surface area contributed by atoms with E-state index in [1.54, 1.807) is 6.92 Å². The minimum absolute atomic E-state index is 0. The van der Waals surface area contributed by atoms with Crippen molar-refractivity contribution in [3.8, 4) is 0 Å². The summed E-state index contributed by atoms with van der Waals surface area (Å²) >= 11 is 0. The fourth-order valence-electron chi connectivity index (χ4n) is 1.06. The van der Waals surface area contributed by atoms with Crippen molar-refractivity contribution in [1.29, 1.82) is 0 Å². The molecule has 0 fully saturated rings. The van der Waals surface area contributed by atoms with Crippen LogP contribution in [0.15, 0.2) is 29.2 Å². The maximum atomic E-state index is 11.5. The molecule has 9 heteroatoms. The maximum Gasteiger partial charge on any atom is 2.00 e. The molecule has 0 saturated heterocycles. The smallest absolute Gasteiger partial charge is 0.545 e. The first-order valence-corrected chi connectivity index (χ1v) is 5.77. The number of hydrogen-bond acceptors (Lipinski definition) is 4. The summed E-state index contributed by atoms with van der Waals surface area (Å²) in [6.45, 7) is 1.89. The van der Waals surface area contributed by atoms with Crippen molar-refractivity contribution in [3.05, 3.63) is 29.8 Å². The van der Waals surface area contributed by atoms with E-state index in [9.17, 15) is 18.3 Å². The van der Waals surface area contributed by atoms with Gasteiger partial charge in [0.05, 0.1) is 10.9 Å². The van der Waals surface area contributed by atoms with Gasteiger partial charge < -0.3 is 20.9 Å². The van der Waals surface area contributed by atoms with E-state index in [1.807, 2.05) is 0 Å². The molecule has 0 aliphatic rings. The van der Waals surface area contributed by atoms with Gasteiger partial charge in [-0.05, 0) is 17.7 Å². The summed E-state index contributed by atoms with van der Waals surface area (Å²) in [5, 5.41) is 10.5. The summed E-state index contributed by atoms with van der Waals surface area (Å²) in [5.41, 5.74) is -0.158. The largest absolute Gasteiger partial charge is 2.00 e. The Morgan fingerprint density at radius 2 is 1.89 bits per heavy atom. The van der Waals surface area contributed by atoms with Crippen molar-refractivity contribution >= 4 is 16.0 Å². The van der Waals surface area contributed by atoms with Crippen LogP contribution < -0.4 is 9.83 Å². The van der Waals surface area contributed by atoms with Gasteiger partial charge in [0, 0.05) is 6.54 Å². The molecule has 0 aliphatic carbocycles. The number of carboxylic acids is 1. The van der Waals surface area contributed by atoms with E-state index in [0.29, 0.717) is 0 Å². The minimum atomic E-state index is -3.61. The number of rotatable bonds is 4. The molecule has 0 aliphatic heterocycles. The van der Waals surface area contributed by atoms with Gasteiger partial charge in [0.25, 0.3) is 0 Å². The average molecular weight is 328 g/mol. The molecule has 0 aromatic heterocycles. The van der Waals surface area contributed by atoms with Gasteiger partial charge in [-0.2, -0.15) is 0 Å². The fourth-order valence-corrected chi connectivity index (χ4v) is 2.15. The molecule has 0 atom stereocenters. The van der Waals surface area contributed by atoms with Crippen LogP contribution in [0.1, 0.15) is 17.3 Å². The molecular weight excluding hydrogens is 314 g/mol. The topological polar surface area (TPSA) is 149 Å². The van der Waals surface area contributed by atoms with Crippen molar-refractivity contribution in [2.24, 2.45) is 0 Å². The molecule has 0 spiro atoms. The molecule has 0 bridgehead atoms. The van der Waals surface area contributed by atoms with Crippen LogP contribution >= 0.6 is 0 Å². The van der Waals surface area contributed by atoms with Crippen molar-refractivity contribution in [1.82, 2.24) is 4.72 Å². The number of carboxylic acid groups (broad SMARTS) is 1. The van der Waals surface area contributed by atoms with Gasteiger partial charge >= 0.3 is 17.1 Å². The number of carbonyl (C=O) groups is 1. The first-order chi connectivity index (χ1) is 6.97. The fraction of sp³-hybridized carbons (Fsp3) is 0.222. The van der Waals surface area contributed by atoms with Crippen LogP contribution in [0.4, 0.5) is 0 Å². The minimum Gasteiger partial charge on any atom is -0.545 e. The van der Waals surface area contributed by atoms with Crippen LogP contribution in [0.2, 0.25) is 0 Å². The number of aromatic carboxylic acids is 1. The Hall–Kier alpha value is -0.961. The molecule has 107 valence electrons. The third-order valence-electron chi connectivity index (χ3n) is 1.71. The van der Waals surface area contributed by atoms with Gasteiger partial charge in [-0.1, -0.05) is 19.1 Å².